The first kappa shape index (κ1) is 28.0. The van der Waals surface area contributed by atoms with Crippen LogP contribution in [0, 0.1) is 34.2 Å². The quantitative estimate of drug-likeness (QED) is 0.239. The SMILES string of the molecule is COC(=O)C1(Cc2nc(Cl)nc(N3CCN(C(=O)O)[C@@H](CC#N)C3)c2[N+](=O)[O-])CCCc2c1ccc(F)c2C. The number of amides is 1. The number of halogens is 2. The highest BCUT2D eigenvalue weighted by Crippen LogP contribution is 2.45. The number of fused-ring (bicyclic) bond motifs is 1. The first-order valence-corrected chi connectivity index (χ1v) is 12.6. The van der Waals surface area contributed by atoms with E-state index < -0.39 is 39.9 Å². The largest absolute Gasteiger partial charge is 0.468 e. The van der Waals surface area contributed by atoms with Crippen molar-refractivity contribution in [2.75, 3.05) is 31.6 Å². The fraction of sp³-hybridized carbons (Fsp3) is 0.480. The van der Waals surface area contributed by atoms with Crippen molar-refractivity contribution in [3.8, 4) is 6.07 Å². The lowest BCUT2D eigenvalue weighted by Crippen LogP contribution is -2.55. The van der Waals surface area contributed by atoms with Crippen molar-refractivity contribution in [2.24, 2.45) is 0 Å². The number of ether oxygens (including phenoxy) is 1. The minimum absolute atomic E-state index is 0.0138. The number of benzene rings is 1. The molecule has 14 heteroatoms. The maximum Gasteiger partial charge on any atom is 0.407 e. The van der Waals surface area contributed by atoms with Crippen molar-refractivity contribution in [1.82, 2.24) is 14.9 Å². The molecule has 1 unspecified atom stereocenters. The monoisotopic (exact) mass is 560 g/mol. The minimum atomic E-state index is -1.38. The summed E-state index contributed by atoms with van der Waals surface area (Å²) in [6.07, 6.45) is -0.246. The van der Waals surface area contributed by atoms with Gasteiger partial charge in [-0.25, -0.2) is 14.2 Å². The van der Waals surface area contributed by atoms with Crippen LogP contribution in [0.5, 0.6) is 0 Å². The topological polar surface area (TPSA) is 163 Å². The molecule has 206 valence electrons. The zero-order valence-electron chi connectivity index (χ0n) is 21.3. The molecule has 0 radical (unpaired) electrons. The summed E-state index contributed by atoms with van der Waals surface area (Å²) in [6.45, 7) is 1.64. The van der Waals surface area contributed by atoms with E-state index in [9.17, 15) is 34.5 Å². The minimum Gasteiger partial charge on any atom is -0.468 e. The Morgan fingerprint density at radius 2 is 2.13 bits per heavy atom. The van der Waals surface area contributed by atoms with Gasteiger partial charge < -0.3 is 19.6 Å². The number of esters is 1. The first-order valence-electron chi connectivity index (χ1n) is 12.2. The smallest absolute Gasteiger partial charge is 0.407 e. The predicted molar refractivity (Wildman–Crippen MR) is 136 cm³/mol. The molecule has 1 aliphatic heterocycles. The third-order valence-electron chi connectivity index (χ3n) is 7.57. The Bertz CT molecular complexity index is 1380. The number of aromatic nitrogens is 2. The third-order valence-corrected chi connectivity index (χ3v) is 7.74. The van der Waals surface area contributed by atoms with E-state index in [1.54, 1.807) is 6.92 Å². The fourth-order valence-electron chi connectivity index (χ4n) is 5.72. The summed E-state index contributed by atoms with van der Waals surface area (Å²) in [6, 6.07) is 3.98. The maximum atomic E-state index is 14.4. The van der Waals surface area contributed by atoms with Crippen LogP contribution in [0.25, 0.3) is 0 Å². The number of nitro groups is 1. The lowest BCUT2D eigenvalue weighted by Gasteiger charge is -2.39. The van der Waals surface area contributed by atoms with Crippen LogP contribution in [-0.2, 0) is 27.8 Å². The van der Waals surface area contributed by atoms with Crippen molar-refractivity contribution in [1.29, 1.82) is 5.26 Å². The number of hydrogen-bond acceptors (Lipinski definition) is 9. The third kappa shape index (κ3) is 5.04. The summed E-state index contributed by atoms with van der Waals surface area (Å²) in [5.74, 6) is -1.18. The van der Waals surface area contributed by atoms with Gasteiger partial charge in [0.1, 0.15) is 11.5 Å². The number of carbonyl (C=O) groups excluding carboxylic acids is 1. The van der Waals surface area contributed by atoms with Gasteiger partial charge in [-0.05, 0) is 60.5 Å². The summed E-state index contributed by atoms with van der Waals surface area (Å²) in [5.41, 5.74) is -0.392. The van der Waals surface area contributed by atoms with Crippen molar-refractivity contribution in [3.63, 3.8) is 0 Å². The highest BCUT2D eigenvalue weighted by atomic mass is 35.5. The molecule has 2 aliphatic rings. The molecule has 2 aromatic rings. The molecule has 1 N–H and O–H groups in total. The van der Waals surface area contributed by atoms with E-state index in [1.165, 1.54) is 24.1 Å². The Labute approximate surface area is 228 Å². The molecule has 1 aliphatic carbocycles. The molecule has 2 heterocycles. The lowest BCUT2D eigenvalue weighted by molar-refractivity contribution is -0.385. The van der Waals surface area contributed by atoms with Gasteiger partial charge in [0.05, 0.1) is 36.0 Å². The Morgan fingerprint density at radius 1 is 1.38 bits per heavy atom. The normalized spacial score (nSPS) is 20.6. The van der Waals surface area contributed by atoms with Crippen LogP contribution in [-0.4, -0.2) is 69.7 Å². The molecule has 12 nitrogen and oxygen atoms in total. The molecule has 1 saturated heterocycles. The molecule has 0 bridgehead atoms. The van der Waals surface area contributed by atoms with E-state index in [4.69, 9.17) is 16.3 Å². The van der Waals surface area contributed by atoms with E-state index in [0.717, 1.165) is 4.90 Å². The number of piperazine rings is 1. The molecule has 0 spiro atoms. The first-order chi connectivity index (χ1) is 18.5. The predicted octanol–water partition coefficient (Wildman–Crippen LogP) is 3.56. The van der Waals surface area contributed by atoms with Crippen molar-refractivity contribution >= 4 is 35.2 Å². The van der Waals surface area contributed by atoms with Crippen LogP contribution < -0.4 is 4.90 Å². The van der Waals surface area contributed by atoms with Gasteiger partial charge in [0.25, 0.3) is 0 Å². The number of nitrogens with zero attached hydrogens (tertiary/aromatic N) is 6. The second-order valence-electron chi connectivity index (χ2n) is 9.61. The highest BCUT2D eigenvalue weighted by molar-refractivity contribution is 6.28. The number of rotatable bonds is 6. The van der Waals surface area contributed by atoms with Crippen LogP contribution in [0.1, 0.15) is 41.6 Å². The molecule has 0 saturated carbocycles. The van der Waals surface area contributed by atoms with Crippen LogP contribution in [0.15, 0.2) is 12.1 Å². The lowest BCUT2D eigenvalue weighted by atomic mass is 9.66. The van der Waals surface area contributed by atoms with Crippen molar-refractivity contribution in [3.05, 3.63) is 55.7 Å². The summed E-state index contributed by atoms with van der Waals surface area (Å²) >= 11 is 6.25. The Kier molecular flexibility index (Phi) is 7.87. The van der Waals surface area contributed by atoms with Gasteiger partial charge in [-0.2, -0.15) is 10.2 Å². The van der Waals surface area contributed by atoms with Crippen LogP contribution in [0.4, 0.5) is 20.7 Å². The number of anilines is 1. The molecular weight excluding hydrogens is 535 g/mol. The van der Waals surface area contributed by atoms with Gasteiger partial charge in [0.15, 0.2) is 0 Å². The molecule has 39 heavy (non-hydrogen) atoms. The number of carbonyl (C=O) groups is 2. The van der Waals surface area contributed by atoms with Crippen molar-refractivity contribution < 1.29 is 28.7 Å². The van der Waals surface area contributed by atoms with E-state index in [0.29, 0.717) is 29.5 Å². The van der Waals surface area contributed by atoms with Gasteiger partial charge >= 0.3 is 17.7 Å². The van der Waals surface area contributed by atoms with Crippen LogP contribution >= 0.6 is 11.6 Å². The van der Waals surface area contributed by atoms with Gasteiger partial charge in [0, 0.05) is 26.1 Å². The molecular formula is C25H26ClFN6O6. The number of carboxylic acid groups (broad SMARTS) is 1. The summed E-state index contributed by atoms with van der Waals surface area (Å²) < 4.78 is 19.6. The second kappa shape index (κ2) is 11.0. The van der Waals surface area contributed by atoms with E-state index in [2.05, 4.69) is 9.97 Å². The number of hydrogen-bond donors (Lipinski definition) is 1. The molecule has 4 rings (SSSR count). The second-order valence-corrected chi connectivity index (χ2v) is 9.95. The molecule has 1 amide bonds. The molecule has 2 atom stereocenters. The summed E-state index contributed by atoms with van der Waals surface area (Å²) in [5, 5.41) is 30.8. The fourth-order valence-corrected chi connectivity index (χ4v) is 5.90. The van der Waals surface area contributed by atoms with Crippen LogP contribution in [0.2, 0.25) is 5.28 Å². The van der Waals surface area contributed by atoms with Gasteiger partial charge in [0.2, 0.25) is 11.1 Å². The average molecular weight is 561 g/mol. The molecule has 1 fully saturated rings. The van der Waals surface area contributed by atoms with E-state index >= 15 is 0 Å². The average Bonchev–Trinajstić information content (AvgIpc) is 2.89. The zero-order chi connectivity index (χ0) is 28.5. The Morgan fingerprint density at radius 3 is 2.77 bits per heavy atom. The Balaban J connectivity index is 1.84. The van der Waals surface area contributed by atoms with Gasteiger partial charge in [-0.3, -0.25) is 14.9 Å². The standard InChI is InChI=1S/C25H26ClFN6O6/c1-14-16-4-3-8-25(22(34)39-2,17(16)5-6-18(14)27)12-19-20(33(37)38)21(30-23(26)29-19)31-10-11-32(24(35)36)15(13-31)7-9-28/h5-6,15H,3-4,7-8,10-13H2,1-2H3,(H,35,36)/t15-,25?/m0/s1. The molecule has 1 aromatic heterocycles. The van der Waals surface area contributed by atoms with Gasteiger partial charge in [-0.1, -0.05) is 6.07 Å². The highest BCUT2D eigenvalue weighted by Gasteiger charge is 2.48. The zero-order valence-corrected chi connectivity index (χ0v) is 22.1. The van der Waals surface area contributed by atoms with E-state index in [1.807, 2.05) is 6.07 Å². The van der Waals surface area contributed by atoms with Gasteiger partial charge in [-0.15, -0.1) is 0 Å². The number of nitriles is 1. The van der Waals surface area contributed by atoms with E-state index in [-0.39, 0.29) is 55.7 Å². The Hall–Kier alpha value is -4.05. The van der Waals surface area contributed by atoms with Crippen molar-refractivity contribution in [2.45, 2.75) is 50.5 Å². The summed E-state index contributed by atoms with van der Waals surface area (Å²) in [7, 11) is 1.22. The number of methoxy groups -OCH3 is 1. The maximum absolute atomic E-state index is 14.4. The molecule has 1 aromatic carbocycles. The van der Waals surface area contributed by atoms with Crippen LogP contribution in [0.3, 0.4) is 0 Å². The summed E-state index contributed by atoms with van der Waals surface area (Å²) in [4.78, 5) is 47.7.